The van der Waals surface area contributed by atoms with E-state index in [-0.39, 0.29) is 5.91 Å². The van der Waals surface area contributed by atoms with Crippen molar-refractivity contribution in [2.24, 2.45) is 0 Å². The number of rotatable bonds is 8. The fourth-order valence-electron chi connectivity index (χ4n) is 1.76. The van der Waals surface area contributed by atoms with Crippen LogP contribution in [0.2, 0.25) is 0 Å². The number of aromatic nitrogens is 1. The SMILES string of the molecule is CCNc1ncccc1C(=O)N(CCC#N)CCOC. The number of pyridine rings is 1. The van der Waals surface area contributed by atoms with Gasteiger partial charge in [0.15, 0.2) is 0 Å². The first-order valence-corrected chi connectivity index (χ1v) is 6.58. The molecule has 20 heavy (non-hydrogen) atoms. The summed E-state index contributed by atoms with van der Waals surface area (Å²) >= 11 is 0. The third-order valence-corrected chi connectivity index (χ3v) is 2.73. The van der Waals surface area contributed by atoms with Crippen LogP contribution in [0.15, 0.2) is 18.3 Å². The Hall–Kier alpha value is -2.13. The number of methoxy groups -OCH3 is 1. The molecule has 0 aliphatic heterocycles. The van der Waals surface area contributed by atoms with E-state index in [0.29, 0.717) is 44.0 Å². The average molecular weight is 276 g/mol. The van der Waals surface area contributed by atoms with Crippen LogP contribution >= 0.6 is 0 Å². The van der Waals surface area contributed by atoms with Gasteiger partial charge in [0, 0.05) is 32.9 Å². The van der Waals surface area contributed by atoms with Crippen molar-refractivity contribution in [2.75, 3.05) is 38.7 Å². The smallest absolute Gasteiger partial charge is 0.257 e. The maximum absolute atomic E-state index is 12.5. The van der Waals surface area contributed by atoms with Gasteiger partial charge in [-0.1, -0.05) is 0 Å². The van der Waals surface area contributed by atoms with E-state index in [1.165, 1.54) is 0 Å². The Morgan fingerprint density at radius 2 is 2.35 bits per heavy atom. The molecule has 0 saturated heterocycles. The van der Waals surface area contributed by atoms with E-state index in [2.05, 4.69) is 16.4 Å². The van der Waals surface area contributed by atoms with E-state index >= 15 is 0 Å². The lowest BCUT2D eigenvalue weighted by Gasteiger charge is -2.22. The molecule has 1 amide bonds. The molecular formula is C14H20N4O2. The molecule has 1 rings (SSSR count). The van der Waals surface area contributed by atoms with E-state index in [1.54, 1.807) is 30.3 Å². The summed E-state index contributed by atoms with van der Waals surface area (Å²) in [4.78, 5) is 18.3. The van der Waals surface area contributed by atoms with Crippen LogP contribution in [-0.2, 0) is 4.74 Å². The number of nitrogens with zero attached hydrogens (tertiary/aromatic N) is 3. The number of carbonyl (C=O) groups is 1. The lowest BCUT2D eigenvalue weighted by Crippen LogP contribution is -2.35. The van der Waals surface area contributed by atoms with Gasteiger partial charge in [0.2, 0.25) is 0 Å². The van der Waals surface area contributed by atoms with Crippen LogP contribution in [0.1, 0.15) is 23.7 Å². The van der Waals surface area contributed by atoms with Gasteiger partial charge in [-0.05, 0) is 19.1 Å². The molecule has 108 valence electrons. The van der Waals surface area contributed by atoms with Gasteiger partial charge < -0.3 is 15.0 Å². The van der Waals surface area contributed by atoms with Gasteiger partial charge in [-0.2, -0.15) is 5.26 Å². The van der Waals surface area contributed by atoms with Crippen molar-refractivity contribution < 1.29 is 9.53 Å². The van der Waals surface area contributed by atoms with E-state index in [0.717, 1.165) is 0 Å². The topological polar surface area (TPSA) is 78.3 Å². The number of amides is 1. The van der Waals surface area contributed by atoms with E-state index in [9.17, 15) is 4.79 Å². The van der Waals surface area contributed by atoms with Gasteiger partial charge in [0.05, 0.1) is 24.7 Å². The number of ether oxygens (including phenoxy) is 1. The van der Waals surface area contributed by atoms with Crippen LogP contribution in [0, 0.1) is 11.3 Å². The van der Waals surface area contributed by atoms with Crippen LogP contribution in [0.5, 0.6) is 0 Å². The predicted octanol–water partition coefficient (Wildman–Crippen LogP) is 1.52. The Labute approximate surface area is 119 Å². The molecule has 0 aliphatic carbocycles. The summed E-state index contributed by atoms with van der Waals surface area (Å²) in [5.41, 5.74) is 0.517. The molecule has 1 N–H and O–H groups in total. The van der Waals surface area contributed by atoms with Crippen LogP contribution in [-0.4, -0.2) is 49.1 Å². The van der Waals surface area contributed by atoms with Crippen LogP contribution in [0.3, 0.4) is 0 Å². The summed E-state index contributed by atoms with van der Waals surface area (Å²) in [7, 11) is 1.58. The molecule has 0 radical (unpaired) electrons. The first kappa shape index (κ1) is 15.9. The lowest BCUT2D eigenvalue weighted by atomic mass is 10.2. The molecule has 0 fully saturated rings. The van der Waals surface area contributed by atoms with Crippen molar-refractivity contribution in [3.05, 3.63) is 23.9 Å². The van der Waals surface area contributed by atoms with Gasteiger partial charge >= 0.3 is 0 Å². The fourth-order valence-corrected chi connectivity index (χ4v) is 1.76. The average Bonchev–Trinajstić information content (AvgIpc) is 2.48. The molecule has 0 bridgehead atoms. The fraction of sp³-hybridized carbons (Fsp3) is 0.500. The van der Waals surface area contributed by atoms with E-state index in [1.807, 2.05) is 6.92 Å². The van der Waals surface area contributed by atoms with E-state index in [4.69, 9.17) is 10.00 Å². The quantitative estimate of drug-likeness (QED) is 0.778. The molecule has 0 aliphatic rings. The highest BCUT2D eigenvalue weighted by Gasteiger charge is 2.18. The zero-order valence-corrected chi connectivity index (χ0v) is 11.9. The Morgan fingerprint density at radius 3 is 3.00 bits per heavy atom. The number of nitriles is 1. The third kappa shape index (κ3) is 4.52. The van der Waals surface area contributed by atoms with Gasteiger partial charge in [-0.25, -0.2) is 4.98 Å². The molecule has 0 unspecified atom stereocenters. The third-order valence-electron chi connectivity index (χ3n) is 2.73. The van der Waals surface area contributed by atoms with Crippen molar-refractivity contribution in [1.82, 2.24) is 9.88 Å². The van der Waals surface area contributed by atoms with Crippen LogP contribution in [0.4, 0.5) is 5.82 Å². The Morgan fingerprint density at radius 1 is 1.55 bits per heavy atom. The molecule has 6 nitrogen and oxygen atoms in total. The highest BCUT2D eigenvalue weighted by molar-refractivity contribution is 5.98. The van der Waals surface area contributed by atoms with Crippen LogP contribution < -0.4 is 5.32 Å². The Kier molecular flexibility index (Phi) is 7.07. The molecule has 0 aromatic carbocycles. The summed E-state index contributed by atoms with van der Waals surface area (Å²) in [5.74, 6) is 0.431. The maximum atomic E-state index is 12.5. The summed E-state index contributed by atoms with van der Waals surface area (Å²) in [6.07, 6.45) is 1.94. The van der Waals surface area contributed by atoms with Gasteiger partial charge in [0.25, 0.3) is 5.91 Å². The van der Waals surface area contributed by atoms with Crippen LogP contribution in [0.25, 0.3) is 0 Å². The van der Waals surface area contributed by atoms with Gasteiger partial charge in [-0.3, -0.25) is 4.79 Å². The maximum Gasteiger partial charge on any atom is 0.257 e. The number of hydrogen-bond acceptors (Lipinski definition) is 5. The molecule has 1 aromatic heterocycles. The first-order chi connectivity index (χ1) is 9.74. The number of nitrogens with one attached hydrogen (secondary N) is 1. The van der Waals surface area contributed by atoms with Crippen molar-refractivity contribution in [3.8, 4) is 6.07 Å². The van der Waals surface area contributed by atoms with Crippen molar-refractivity contribution in [2.45, 2.75) is 13.3 Å². The monoisotopic (exact) mass is 276 g/mol. The molecular weight excluding hydrogens is 256 g/mol. The van der Waals surface area contributed by atoms with Gasteiger partial charge in [0.1, 0.15) is 5.82 Å². The summed E-state index contributed by atoms with van der Waals surface area (Å²) in [5, 5.41) is 11.8. The summed E-state index contributed by atoms with van der Waals surface area (Å²) in [6, 6.07) is 5.52. The van der Waals surface area contributed by atoms with Crippen molar-refractivity contribution >= 4 is 11.7 Å². The minimum Gasteiger partial charge on any atom is -0.383 e. The summed E-state index contributed by atoms with van der Waals surface area (Å²) in [6.45, 7) is 3.92. The highest BCUT2D eigenvalue weighted by Crippen LogP contribution is 2.14. The van der Waals surface area contributed by atoms with E-state index < -0.39 is 0 Å². The van der Waals surface area contributed by atoms with Gasteiger partial charge in [-0.15, -0.1) is 0 Å². The molecule has 1 aromatic rings. The number of anilines is 1. The second-order valence-corrected chi connectivity index (χ2v) is 4.12. The van der Waals surface area contributed by atoms with Crippen molar-refractivity contribution in [3.63, 3.8) is 0 Å². The molecule has 0 saturated carbocycles. The van der Waals surface area contributed by atoms with Crippen molar-refractivity contribution in [1.29, 1.82) is 5.26 Å². The lowest BCUT2D eigenvalue weighted by molar-refractivity contribution is 0.0700. The standard InChI is InChI=1S/C14H20N4O2/c1-3-16-13-12(6-4-8-17-13)14(19)18(9-5-7-15)10-11-20-2/h4,6,8H,3,5,9-11H2,1-2H3,(H,16,17). The molecule has 6 heteroatoms. The normalized spacial score (nSPS) is 9.85. The second kappa shape index (κ2) is 8.88. The second-order valence-electron chi connectivity index (χ2n) is 4.12. The molecule has 1 heterocycles. The number of hydrogen-bond donors (Lipinski definition) is 1. The molecule has 0 atom stereocenters. The molecule has 0 spiro atoms. The zero-order chi connectivity index (χ0) is 14.8. The minimum absolute atomic E-state index is 0.138. The highest BCUT2D eigenvalue weighted by atomic mass is 16.5. The predicted molar refractivity (Wildman–Crippen MR) is 76.4 cm³/mol. The minimum atomic E-state index is -0.138. The first-order valence-electron chi connectivity index (χ1n) is 6.58. The Balaban J connectivity index is 2.90. The summed E-state index contributed by atoms with van der Waals surface area (Å²) < 4.78 is 5.01. The largest absolute Gasteiger partial charge is 0.383 e. The number of carbonyl (C=O) groups excluding carboxylic acids is 1. The zero-order valence-electron chi connectivity index (χ0n) is 11.9. The Bertz CT molecular complexity index is 470.